The standard InChI is InChI=1S/C16H12BrNO3/c1-2-14-15(10-6-4-3-5-7-10)12-8-11(17)9-13(18(19)20)16(12)21-14/h2-9,14-15H,1H2/t14-,15+/m1/s1. The quantitative estimate of drug-likeness (QED) is 0.469. The first kappa shape index (κ1) is 13.8. The number of nitro groups is 1. The van der Waals surface area contributed by atoms with Gasteiger partial charge in [-0.1, -0.05) is 58.9 Å². The SMILES string of the molecule is C=C[C@H]1Oc2c(cc(Br)cc2[N+](=O)[O-])[C@@H]1c1ccccc1. The highest BCUT2D eigenvalue weighted by Gasteiger charge is 2.38. The average molecular weight is 346 g/mol. The molecule has 4 nitrogen and oxygen atoms in total. The monoisotopic (exact) mass is 345 g/mol. The number of benzene rings is 2. The van der Waals surface area contributed by atoms with Crippen molar-refractivity contribution in [3.05, 3.63) is 80.8 Å². The molecule has 0 unspecified atom stereocenters. The van der Waals surface area contributed by atoms with Crippen molar-refractivity contribution in [1.82, 2.24) is 0 Å². The summed E-state index contributed by atoms with van der Waals surface area (Å²) in [5.74, 6) is 0.247. The van der Waals surface area contributed by atoms with Gasteiger partial charge in [-0.05, 0) is 11.6 Å². The van der Waals surface area contributed by atoms with Gasteiger partial charge in [-0.25, -0.2) is 0 Å². The van der Waals surface area contributed by atoms with E-state index in [1.165, 1.54) is 6.07 Å². The smallest absolute Gasteiger partial charge is 0.312 e. The van der Waals surface area contributed by atoms with Crippen LogP contribution in [0.5, 0.6) is 5.75 Å². The third-order valence-electron chi connectivity index (χ3n) is 3.57. The highest BCUT2D eigenvalue weighted by Crippen LogP contribution is 2.48. The lowest BCUT2D eigenvalue weighted by molar-refractivity contribution is -0.385. The van der Waals surface area contributed by atoms with Crippen molar-refractivity contribution in [1.29, 1.82) is 0 Å². The molecule has 5 heteroatoms. The number of hydrogen-bond acceptors (Lipinski definition) is 3. The zero-order chi connectivity index (χ0) is 15.0. The van der Waals surface area contributed by atoms with E-state index in [-0.39, 0.29) is 17.7 Å². The molecule has 1 heterocycles. The fourth-order valence-electron chi connectivity index (χ4n) is 2.69. The van der Waals surface area contributed by atoms with Crippen LogP contribution < -0.4 is 4.74 Å². The number of fused-ring (bicyclic) bond motifs is 1. The van der Waals surface area contributed by atoms with Crippen LogP contribution in [0.15, 0.2) is 59.6 Å². The largest absolute Gasteiger partial charge is 0.478 e. The van der Waals surface area contributed by atoms with E-state index < -0.39 is 4.92 Å². The molecule has 2 atom stereocenters. The van der Waals surface area contributed by atoms with Crippen molar-refractivity contribution in [3.8, 4) is 5.75 Å². The molecule has 0 bridgehead atoms. The van der Waals surface area contributed by atoms with E-state index in [1.54, 1.807) is 6.08 Å². The normalized spacial score (nSPS) is 19.7. The first-order valence-corrected chi connectivity index (χ1v) is 7.23. The van der Waals surface area contributed by atoms with Gasteiger partial charge in [-0.15, -0.1) is 0 Å². The Labute approximate surface area is 130 Å². The van der Waals surface area contributed by atoms with Gasteiger partial charge in [0, 0.05) is 16.1 Å². The van der Waals surface area contributed by atoms with Gasteiger partial charge in [0.1, 0.15) is 6.10 Å². The van der Waals surface area contributed by atoms with Crippen LogP contribution >= 0.6 is 15.9 Å². The molecule has 0 amide bonds. The molecule has 21 heavy (non-hydrogen) atoms. The van der Waals surface area contributed by atoms with Crippen molar-refractivity contribution in [2.24, 2.45) is 0 Å². The van der Waals surface area contributed by atoms with Crippen LogP contribution in [-0.2, 0) is 0 Å². The van der Waals surface area contributed by atoms with E-state index in [2.05, 4.69) is 22.5 Å². The predicted molar refractivity (Wildman–Crippen MR) is 83.7 cm³/mol. The summed E-state index contributed by atoms with van der Waals surface area (Å²) in [6, 6.07) is 13.2. The molecule has 3 rings (SSSR count). The van der Waals surface area contributed by atoms with Crippen LogP contribution in [0.3, 0.4) is 0 Å². The van der Waals surface area contributed by atoms with E-state index in [0.717, 1.165) is 11.1 Å². The molecule has 1 aliphatic rings. The number of ether oxygens (including phenoxy) is 1. The van der Waals surface area contributed by atoms with Crippen LogP contribution in [0.2, 0.25) is 0 Å². The summed E-state index contributed by atoms with van der Waals surface area (Å²) in [6.07, 6.45) is 1.38. The molecule has 2 aromatic rings. The second kappa shape index (κ2) is 5.33. The van der Waals surface area contributed by atoms with Crippen LogP contribution in [0, 0.1) is 10.1 Å². The molecule has 0 spiro atoms. The molecule has 2 aromatic carbocycles. The minimum absolute atomic E-state index is 0.0235. The fraction of sp³-hybridized carbons (Fsp3) is 0.125. The van der Waals surface area contributed by atoms with Gasteiger partial charge in [-0.3, -0.25) is 10.1 Å². The topological polar surface area (TPSA) is 52.4 Å². The molecule has 0 fully saturated rings. The Bertz CT molecular complexity index is 715. The van der Waals surface area contributed by atoms with Gasteiger partial charge in [0.2, 0.25) is 5.75 Å². The fourth-order valence-corrected chi connectivity index (χ4v) is 3.15. The Kier molecular flexibility index (Phi) is 3.51. The molecule has 106 valence electrons. The van der Waals surface area contributed by atoms with Crippen molar-refractivity contribution >= 4 is 21.6 Å². The number of rotatable bonds is 3. The molecule has 0 aliphatic carbocycles. The van der Waals surface area contributed by atoms with Crippen molar-refractivity contribution in [3.63, 3.8) is 0 Å². The third-order valence-corrected chi connectivity index (χ3v) is 4.03. The van der Waals surface area contributed by atoms with Crippen molar-refractivity contribution in [2.75, 3.05) is 0 Å². The lowest BCUT2D eigenvalue weighted by atomic mass is 9.88. The lowest BCUT2D eigenvalue weighted by Gasteiger charge is -2.15. The zero-order valence-electron chi connectivity index (χ0n) is 11.0. The van der Waals surface area contributed by atoms with Crippen LogP contribution in [0.25, 0.3) is 0 Å². The van der Waals surface area contributed by atoms with E-state index in [9.17, 15) is 10.1 Å². The number of halogens is 1. The highest BCUT2D eigenvalue weighted by molar-refractivity contribution is 9.10. The molecule has 0 saturated heterocycles. The Balaban J connectivity index is 2.21. The highest BCUT2D eigenvalue weighted by atomic mass is 79.9. The average Bonchev–Trinajstić information content (AvgIpc) is 2.85. The number of nitro benzene ring substituents is 1. The minimum Gasteiger partial charge on any atom is -0.478 e. The van der Waals surface area contributed by atoms with E-state index in [1.807, 2.05) is 36.4 Å². The molecule has 0 N–H and O–H groups in total. The maximum atomic E-state index is 11.2. The summed E-state index contributed by atoms with van der Waals surface area (Å²) < 4.78 is 6.46. The Morgan fingerprint density at radius 1 is 1.29 bits per heavy atom. The van der Waals surface area contributed by atoms with Crippen LogP contribution in [0.1, 0.15) is 17.0 Å². The second-order valence-electron chi connectivity index (χ2n) is 4.81. The van der Waals surface area contributed by atoms with E-state index in [4.69, 9.17) is 4.74 Å². The van der Waals surface area contributed by atoms with Crippen LogP contribution in [-0.4, -0.2) is 11.0 Å². The summed E-state index contributed by atoms with van der Waals surface area (Å²) >= 11 is 3.34. The van der Waals surface area contributed by atoms with Gasteiger partial charge >= 0.3 is 5.69 Å². The summed E-state index contributed by atoms with van der Waals surface area (Å²) in [5.41, 5.74) is 1.84. The van der Waals surface area contributed by atoms with Gasteiger partial charge in [0.25, 0.3) is 0 Å². The lowest BCUT2D eigenvalue weighted by Crippen LogP contribution is -2.16. The Hall–Kier alpha value is -2.14. The van der Waals surface area contributed by atoms with Crippen LogP contribution in [0.4, 0.5) is 5.69 Å². The van der Waals surface area contributed by atoms with E-state index >= 15 is 0 Å². The van der Waals surface area contributed by atoms with Crippen molar-refractivity contribution < 1.29 is 9.66 Å². The maximum Gasteiger partial charge on any atom is 0.312 e. The summed E-state index contributed by atoms with van der Waals surface area (Å²) in [7, 11) is 0. The zero-order valence-corrected chi connectivity index (χ0v) is 12.6. The van der Waals surface area contributed by atoms with Crippen molar-refractivity contribution in [2.45, 2.75) is 12.0 Å². The minimum atomic E-state index is -0.420. The number of nitrogens with zero attached hydrogens (tertiary/aromatic N) is 1. The molecule has 0 radical (unpaired) electrons. The molecular formula is C16H12BrNO3. The van der Waals surface area contributed by atoms with Gasteiger partial charge in [0.15, 0.2) is 0 Å². The first-order chi connectivity index (χ1) is 10.1. The number of hydrogen-bond donors (Lipinski definition) is 0. The summed E-state index contributed by atoms with van der Waals surface area (Å²) in [6.45, 7) is 3.79. The molecule has 0 aromatic heterocycles. The first-order valence-electron chi connectivity index (χ1n) is 6.44. The van der Waals surface area contributed by atoms with Gasteiger partial charge in [0.05, 0.1) is 10.8 Å². The molecular weight excluding hydrogens is 334 g/mol. The molecule has 0 saturated carbocycles. The second-order valence-corrected chi connectivity index (χ2v) is 5.72. The summed E-state index contributed by atoms with van der Waals surface area (Å²) in [5, 5.41) is 11.2. The van der Waals surface area contributed by atoms with Gasteiger partial charge in [-0.2, -0.15) is 0 Å². The molecule has 1 aliphatic heterocycles. The summed E-state index contributed by atoms with van der Waals surface area (Å²) in [4.78, 5) is 10.8. The van der Waals surface area contributed by atoms with E-state index in [0.29, 0.717) is 10.2 Å². The van der Waals surface area contributed by atoms with Gasteiger partial charge < -0.3 is 4.74 Å². The Morgan fingerprint density at radius 3 is 2.62 bits per heavy atom. The predicted octanol–water partition coefficient (Wildman–Crippen LogP) is 4.44. The maximum absolute atomic E-state index is 11.2. The Morgan fingerprint density at radius 2 is 2.00 bits per heavy atom. The third kappa shape index (κ3) is 2.34.